The third-order valence-corrected chi connectivity index (χ3v) is 5.21. The maximum absolute atomic E-state index is 14.0. The third kappa shape index (κ3) is 4.89. The lowest BCUT2D eigenvalue weighted by Gasteiger charge is -2.37. The van der Waals surface area contributed by atoms with E-state index in [9.17, 15) is 9.50 Å². The van der Waals surface area contributed by atoms with Crippen LogP contribution < -0.4 is 0 Å². The molecule has 1 fully saturated rings. The Morgan fingerprint density at radius 1 is 1.15 bits per heavy atom. The Hall–Kier alpha value is -2.33. The molecule has 144 valence electrons. The predicted molar refractivity (Wildman–Crippen MR) is 105 cm³/mol. The summed E-state index contributed by atoms with van der Waals surface area (Å²) in [4.78, 5) is 4.70. The van der Waals surface area contributed by atoms with E-state index in [1.54, 1.807) is 19.2 Å². The Balaban J connectivity index is 1.53. The molecule has 1 saturated heterocycles. The van der Waals surface area contributed by atoms with Crippen LogP contribution in [-0.4, -0.2) is 61.3 Å². The molecule has 5 heteroatoms. The van der Waals surface area contributed by atoms with E-state index in [2.05, 4.69) is 15.5 Å². The summed E-state index contributed by atoms with van der Waals surface area (Å²) in [6.07, 6.45) is 8.48. The van der Waals surface area contributed by atoms with Crippen molar-refractivity contribution in [1.29, 1.82) is 0 Å². The molecule has 1 aliphatic carbocycles. The van der Waals surface area contributed by atoms with Crippen LogP contribution >= 0.6 is 0 Å². The zero-order valence-corrected chi connectivity index (χ0v) is 15.8. The lowest BCUT2D eigenvalue weighted by Crippen LogP contribution is -2.46. The smallest absolute Gasteiger partial charge is 0.142 e. The molecule has 0 aromatic heterocycles. The second-order valence-electron chi connectivity index (χ2n) is 6.81. The van der Waals surface area contributed by atoms with E-state index in [-0.39, 0.29) is 18.3 Å². The van der Waals surface area contributed by atoms with Crippen LogP contribution in [0.2, 0.25) is 0 Å². The number of halogens is 1. The monoisotopic (exact) mass is 370 g/mol. The zero-order chi connectivity index (χ0) is 19.1. The molecule has 2 aliphatic rings. The Morgan fingerprint density at radius 2 is 1.89 bits per heavy atom. The highest BCUT2D eigenvalue weighted by atomic mass is 19.1. The summed E-state index contributed by atoms with van der Waals surface area (Å²) < 4.78 is 19.5. The minimum Gasteiger partial charge on any atom is -0.495 e. The molecule has 1 aliphatic heterocycles. The summed E-state index contributed by atoms with van der Waals surface area (Å²) >= 11 is 0. The first-order chi connectivity index (χ1) is 13.2. The van der Waals surface area contributed by atoms with Gasteiger partial charge in [-0.05, 0) is 48.9 Å². The number of piperazine rings is 1. The van der Waals surface area contributed by atoms with Gasteiger partial charge < -0.3 is 14.7 Å². The number of ether oxygens (including phenoxy) is 1. The molecule has 0 spiro atoms. The van der Waals surface area contributed by atoms with Crippen LogP contribution in [0.1, 0.15) is 17.9 Å². The molecule has 27 heavy (non-hydrogen) atoms. The van der Waals surface area contributed by atoms with Gasteiger partial charge in [0.2, 0.25) is 0 Å². The second-order valence-corrected chi connectivity index (χ2v) is 6.81. The molecule has 0 radical (unpaired) electrons. The number of benzene rings is 1. The van der Waals surface area contributed by atoms with Gasteiger partial charge in [-0.25, -0.2) is 4.39 Å². The van der Waals surface area contributed by atoms with Gasteiger partial charge in [-0.15, -0.1) is 5.73 Å². The van der Waals surface area contributed by atoms with Gasteiger partial charge in [0.1, 0.15) is 11.6 Å². The number of rotatable bonds is 7. The summed E-state index contributed by atoms with van der Waals surface area (Å²) in [7, 11) is 1.69. The highest BCUT2D eigenvalue weighted by molar-refractivity contribution is 5.34. The number of hydrogen-bond donors (Lipinski definition) is 1. The molecule has 1 N–H and O–H groups in total. The van der Waals surface area contributed by atoms with Crippen molar-refractivity contribution < 1.29 is 14.2 Å². The van der Waals surface area contributed by atoms with Crippen molar-refractivity contribution in [3.63, 3.8) is 0 Å². The maximum atomic E-state index is 14.0. The van der Waals surface area contributed by atoms with Crippen molar-refractivity contribution in [1.82, 2.24) is 9.80 Å². The minimum absolute atomic E-state index is 0.0326. The lowest BCUT2D eigenvalue weighted by atomic mass is 9.95. The Bertz CT molecular complexity index is 757. The van der Waals surface area contributed by atoms with Crippen LogP contribution in [0.15, 0.2) is 65.8 Å². The summed E-state index contributed by atoms with van der Waals surface area (Å²) in [5, 5.41) is 9.70. The molecule has 1 heterocycles. The number of aliphatic hydroxyl groups excluding tert-OH is 1. The van der Waals surface area contributed by atoms with Gasteiger partial charge in [0.15, 0.2) is 0 Å². The summed E-state index contributed by atoms with van der Waals surface area (Å²) in [5.41, 5.74) is 4.76. The van der Waals surface area contributed by atoms with E-state index >= 15 is 0 Å². The summed E-state index contributed by atoms with van der Waals surface area (Å²) in [6, 6.07) is 6.74. The molecule has 1 aromatic carbocycles. The number of hydrogen-bond acceptors (Lipinski definition) is 4. The quantitative estimate of drug-likeness (QED) is 0.749. The van der Waals surface area contributed by atoms with E-state index in [4.69, 9.17) is 4.74 Å². The largest absolute Gasteiger partial charge is 0.495 e. The Labute approximate surface area is 160 Å². The molecule has 0 unspecified atom stereocenters. The van der Waals surface area contributed by atoms with Crippen LogP contribution in [0.25, 0.3) is 0 Å². The van der Waals surface area contributed by atoms with Gasteiger partial charge >= 0.3 is 0 Å². The first-order valence-corrected chi connectivity index (χ1v) is 9.43. The highest BCUT2D eigenvalue weighted by Crippen LogP contribution is 2.24. The number of allylic oxidation sites excluding steroid dienone is 3. The van der Waals surface area contributed by atoms with Crippen molar-refractivity contribution >= 4 is 0 Å². The van der Waals surface area contributed by atoms with E-state index < -0.39 is 0 Å². The summed E-state index contributed by atoms with van der Waals surface area (Å²) in [6.45, 7) is 4.49. The van der Waals surface area contributed by atoms with E-state index in [0.717, 1.165) is 50.6 Å². The van der Waals surface area contributed by atoms with E-state index in [1.165, 1.54) is 6.07 Å². The fourth-order valence-electron chi connectivity index (χ4n) is 3.61. The minimum atomic E-state index is -0.234. The lowest BCUT2D eigenvalue weighted by molar-refractivity contribution is 0.141. The van der Waals surface area contributed by atoms with Gasteiger partial charge in [-0.3, -0.25) is 4.90 Å². The van der Waals surface area contributed by atoms with Crippen molar-refractivity contribution in [3.05, 3.63) is 77.1 Å². The van der Waals surface area contributed by atoms with Gasteiger partial charge in [0.05, 0.1) is 19.4 Å². The van der Waals surface area contributed by atoms with Crippen LogP contribution in [-0.2, 0) is 4.74 Å². The van der Waals surface area contributed by atoms with E-state index in [1.807, 2.05) is 30.4 Å². The van der Waals surface area contributed by atoms with Crippen molar-refractivity contribution in [2.24, 2.45) is 0 Å². The molecule has 1 aromatic rings. The standard InChI is InChI=1S/C22H27FN2O2/c1-27-22-10-4-2-3-9-21(22)25-15-13-24(14-16-25)12-11-18(17-26)19-7-5-6-8-20(19)23/h3-10,18,26H,11-17H2,1H3/t18-/m0/s1. The van der Waals surface area contributed by atoms with Crippen LogP contribution in [0.4, 0.5) is 4.39 Å². The number of nitrogens with zero attached hydrogens (tertiary/aromatic N) is 2. The predicted octanol–water partition coefficient (Wildman–Crippen LogP) is 3.05. The molecule has 0 saturated carbocycles. The summed E-state index contributed by atoms with van der Waals surface area (Å²) in [5.74, 6) is 0.458. The number of methoxy groups -OCH3 is 1. The molecular formula is C22H27FN2O2. The maximum Gasteiger partial charge on any atom is 0.142 e. The Kier molecular flexibility index (Phi) is 6.88. The van der Waals surface area contributed by atoms with Crippen molar-refractivity contribution in [2.45, 2.75) is 12.3 Å². The fourth-order valence-corrected chi connectivity index (χ4v) is 3.61. The van der Waals surface area contributed by atoms with Crippen LogP contribution in [0.5, 0.6) is 0 Å². The number of aliphatic hydroxyl groups is 1. The van der Waals surface area contributed by atoms with Crippen molar-refractivity contribution in [3.8, 4) is 0 Å². The van der Waals surface area contributed by atoms with Gasteiger partial charge in [-0.2, -0.15) is 0 Å². The first-order valence-electron chi connectivity index (χ1n) is 9.43. The highest BCUT2D eigenvalue weighted by Gasteiger charge is 2.22. The zero-order valence-electron chi connectivity index (χ0n) is 15.8. The Morgan fingerprint density at radius 3 is 2.59 bits per heavy atom. The first kappa shape index (κ1) is 19.4. The van der Waals surface area contributed by atoms with Crippen molar-refractivity contribution in [2.75, 3.05) is 46.4 Å². The van der Waals surface area contributed by atoms with Gasteiger partial charge in [-0.1, -0.05) is 18.2 Å². The molecule has 3 rings (SSSR count). The van der Waals surface area contributed by atoms with Gasteiger partial charge in [0.25, 0.3) is 0 Å². The second kappa shape index (κ2) is 9.56. The molecule has 4 nitrogen and oxygen atoms in total. The SMILES string of the molecule is COC1=CC=C=CC=C1N1CCN(CC[C@@H](CO)c2ccccc2F)CC1. The average Bonchev–Trinajstić information content (AvgIpc) is 2.95. The normalized spacial score (nSPS) is 18.7. The fraction of sp³-hybridized carbons (Fsp3) is 0.409. The molecular weight excluding hydrogens is 343 g/mol. The molecule has 1 atom stereocenters. The average molecular weight is 370 g/mol. The van der Waals surface area contributed by atoms with Crippen LogP contribution in [0, 0.1) is 5.82 Å². The van der Waals surface area contributed by atoms with Gasteiger partial charge in [0, 0.05) is 32.1 Å². The van der Waals surface area contributed by atoms with Crippen LogP contribution in [0.3, 0.4) is 0 Å². The van der Waals surface area contributed by atoms with E-state index in [0.29, 0.717) is 5.56 Å². The molecule has 0 amide bonds. The topological polar surface area (TPSA) is 35.9 Å². The third-order valence-electron chi connectivity index (χ3n) is 5.21. The molecule has 0 bridgehead atoms.